The number of amides is 2. The third-order valence-electron chi connectivity index (χ3n) is 3.76. The molecule has 0 saturated carbocycles. The second-order valence-corrected chi connectivity index (χ2v) is 6.16. The number of ether oxygens (including phenoxy) is 1. The minimum absolute atomic E-state index is 0.0303. The van der Waals surface area contributed by atoms with Crippen LogP contribution in [-0.2, 0) is 4.79 Å². The Morgan fingerprint density at radius 3 is 2.38 bits per heavy atom. The van der Waals surface area contributed by atoms with Gasteiger partial charge in [0.2, 0.25) is 5.91 Å². The summed E-state index contributed by atoms with van der Waals surface area (Å²) in [5.74, 6) is 0.497. The van der Waals surface area contributed by atoms with E-state index >= 15 is 0 Å². The van der Waals surface area contributed by atoms with E-state index in [1.165, 1.54) is 0 Å². The first kappa shape index (κ1) is 16.3. The highest BCUT2D eigenvalue weighted by Gasteiger charge is 2.24. The Hall–Kier alpha value is -2.60. The zero-order chi connectivity index (χ0) is 16.8. The van der Waals surface area contributed by atoms with Crippen molar-refractivity contribution < 1.29 is 14.3 Å². The number of carbonyl (C=O) groups excluding carboxylic acids is 2. The minimum atomic E-state index is -0.373. The van der Waals surface area contributed by atoms with Gasteiger partial charge >= 0.3 is 6.09 Å². The van der Waals surface area contributed by atoms with Gasteiger partial charge in [-0.25, -0.2) is 4.79 Å². The van der Waals surface area contributed by atoms with Crippen molar-refractivity contribution in [2.24, 2.45) is 0 Å². The average Bonchev–Trinajstić information content (AvgIpc) is 3.14. The monoisotopic (exact) mass is 342 g/mol. The molecule has 2 aromatic rings. The van der Waals surface area contributed by atoms with E-state index in [2.05, 4.69) is 0 Å². The van der Waals surface area contributed by atoms with Crippen LogP contribution in [0.1, 0.15) is 5.56 Å². The number of nitrogens with zero attached hydrogens (tertiary/aromatic N) is 2. The van der Waals surface area contributed by atoms with Crippen LogP contribution < -0.4 is 4.74 Å². The molecule has 124 valence electrons. The van der Waals surface area contributed by atoms with Crippen LogP contribution in [0.3, 0.4) is 0 Å². The summed E-state index contributed by atoms with van der Waals surface area (Å²) in [6, 6.07) is 11.0. The summed E-state index contributed by atoms with van der Waals surface area (Å²) in [7, 11) is 0. The summed E-state index contributed by atoms with van der Waals surface area (Å²) < 4.78 is 5.32. The van der Waals surface area contributed by atoms with Crippen LogP contribution >= 0.6 is 11.3 Å². The molecule has 24 heavy (non-hydrogen) atoms. The molecule has 0 radical (unpaired) electrons. The van der Waals surface area contributed by atoms with Gasteiger partial charge in [-0.1, -0.05) is 18.2 Å². The fourth-order valence-electron chi connectivity index (χ4n) is 2.41. The van der Waals surface area contributed by atoms with Crippen LogP contribution in [0.4, 0.5) is 4.79 Å². The van der Waals surface area contributed by atoms with Gasteiger partial charge in [0, 0.05) is 32.3 Å². The van der Waals surface area contributed by atoms with Gasteiger partial charge in [0.1, 0.15) is 5.75 Å². The normalized spacial score (nSPS) is 14.8. The molecule has 1 fully saturated rings. The molecule has 0 spiro atoms. The molecular formula is C18H18N2O3S. The number of thiophene rings is 1. The summed E-state index contributed by atoms with van der Waals surface area (Å²) in [6.07, 6.45) is 3.02. The van der Waals surface area contributed by atoms with Crippen LogP contribution in [0, 0.1) is 0 Å². The van der Waals surface area contributed by atoms with Crippen LogP contribution in [-0.4, -0.2) is 48.0 Å². The maximum Gasteiger partial charge on any atom is 0.415 e. The van der Waals surface area contributed by atoms with E-state index < -0.39 is 0 Å². The number of rotatable bonds is 3. The molecule has 2 amide bonds. The van der Waals surface area contributed by atoms with E-state index in [1.807, 2.05) is 41.1 Å². The standard InChI is InChI=1S/C18H18N2O3S/c21-17(7-6-15-8-13-24-14-15)19-9-11-20(12-10-19)18(22)23-16-4-2-1-3-5-16/h1-8,13-14H,9-12H2/b7-6+. The second kappa shape index (κ2) is 7.79. The number of piperazine rings is 1. The van der Waals surface area contributed by atoms with Crippen molar-refractivity contribution in [3.8, 4) is 5.75 Å². The first-order valence-electron chi connectivity index (χ1n) is 7.73. The number of para-hydroxylation sites is 1. The highest BCUT2D eigenvalue weighted by atomic mass is 32.1. The largest absolute Gasteiger partial charge is 0.415 e. The third kappa shape index (κ3) is 4.23. The van der Waals surface area contributed by atoms with Crippen LogP contribution in [0.15, 0.2) is 53.2 Å². The predicted molar refractivity (Wildman–Crippen MR) is 94.0 cm³/mol. The van der Waals surface area contributed by atoms with Gasteiger partial charge in [-0.15, -0.1) is 0 Å². The van der Waals surface area contributed by atoms with Crippen molar-refractivity contribution >= 4 is 29.4 Å². The first-order chi connectivity index (χ1) is 11.7. The van der Waals surface area contributed by atoms with Crippen molar-refractivity contribution in [3.63, 3.8) is 0 Å². The zero-order valence-electron chi connectivity index (χ0n) is 13.1. The van der Waals surface area contributed by atoms with E-state index in [-0.39, 0.29) is 12.0 Å². The van der Waals surface area contributed by atoms with Gasteiger partial charge in [-0.3, -0.25) is 4.79 Å². The van der Waals surface area contributed by atoms with E-state index in [0.717, 1.165) is 5.56 Å². The van der Waals surface area contributed by atoms with Crippen molar-refractivity contribution in [1.29, 1.82) is 0 Å². The molecule has 6 heteroatoms. The summed E-state index contributed by atoms with van der Waals surface area (Å²) in [5.41, 5.74) is 1.03. The summed E-state index contributed by atoms with van der Waals surface area (Å²) >= 11 is 1.60. The van der Waals surface area contributed by atoms with Crippen molar-refractivity contribution in [2.45, 2.75) is 0 Å². The lowest BCUT2D eigenvalue weighted by Crippen LogP contribution is -2.51. The Morgan fingerprint density at radius 1 is 1.00 bits per heavy atom. The molecule has 1 aliphatic heterocycles. The van der Waals surface area contributed by atoms with Crippen LogP contribution in [0.2, 0.25) is 0 Å². The second-order valence-electron chi connectivity index (χ2n) is 5.38. The number of carbonyl (C=O) groups is 2. The maximum absolute atomic E-state index is 12.2. The van der Waals surface area contributed by atoms with Gasteiger partial charge in [0.15, 0.2) is 0 Å². The molecule has 0 aliphatic carbocycles. The van der Waals surface area contributed by atoms with E-state index in [9.17, 15) is 9.59 Å². The lowest BCUT2D eigenvalue weighted by atomic mass is 10.2. The quantitative estimate of drug-likeness (QED) is 0.806. The van der Waals surface area contributed by atoms with Crippen LogP contribution in [0.5, 0.6) is 5.75 Å². The molecule has 1 aliphatic rings. The maximum atomic E-state index is 12.2. The highest BCUT2D eigenvalue weighted by Crippen LogP contribution is 2.12. The molecule has 0 bridgehead atoms. The third-order valence-corrected chi connectivity index (χ3v) is 4.46. The summed E-state index contributed by atoms with van der Waals surface area (Å²) in [5, 5.41) is 3.96. The van der Waals surface area contributed by atoms with Crippen molar-refractivity contribution in [3.05, 3.63) is 58.8 Å². The Kier molecular flexibility index (Phi) is 5.28. The van der Waals surface area contributed by atoms with Crippen molar-refractivity contribution in [2.75, 3.05) is 26.2 Å². The molecule has 1 saturated heterocycles. The Bertz CT molecular complexity index is 705. The lowest BCUT2D eigenvalue weighted by molar-refractivity contribution is -0.127. The number of benzene rings is 1. The smallest absolute Gasteiger partial charge is 0.410 e. The van der Waals surface area contributed by atoms with Gasteiger partial charge < -0.3 is 14.5 Å². The molecule has 5 nitrogen and oxygen atoms in total. The Balaban J connectivity index is 1.48. The van der Waals surface area contributed by atoms with Crippen LogP contribution in [0.25, 0.3) is 6.08 Å². The SMILES string of the molecule is O=C(/C=C/c1ccsc1)N1CCN(C(=O)Oc2ccccc2)CC1. The summed E-state index contributed by atoms with van der Waals surface area (Å²) in [6.45, 7) is 1.97. The molecule has 1 aromatic carbocycles. The first-order valence-corrected chi connectivity index (χ1v) is 8.67. The Morgan fingerprint density at radius 2 is 1.71 bits per heavy atom. The zero-order valence-corrected chi connectivity index (χ0v) is 13.9. The average molecular weight is 342 g/mol. The van der Waals surface area contributed by atoms with E-state index in [4.69, 9.17) is 4.74 Å². The molecule has 2 heterocycles. The Labute approximate surface area is 144 Å². The fraction of sp³-hybridized carbons (Fsp3) is 0.222. The summed E-state index contributed by atoms with van der Waals surface area (Å²) in [4.78, 5) is 27.7. The van der Waals surface area contributed by atoms with Gasteiger partial charge in [0.25, 0.3) is 0 Å². The molecule has 3 rings (SSSR count). The topological polar surface area (TPSA) is 49.9 Å². The van der Waals surface area contributed by atoms with E-state index in [0.29, 0.717) is 31.9 Å². The number of hydrogen-bond acceptors (Lipinski definition) is 4. The highest BCUT2D eigenvalue weighted by molar-refractivity contribution is 7.08. The minimum Gasteiger partial charge on any atom is -0.410 e. The predicted octanol–water partition coefficient (Wildman–Crippen LogP) is 3.10. The molecule has 0 N–H and O–H groups in total. The van der Waals surface area contributed by atoms with Crippen molar-refractivity contribution in [1.82, 2.24) is 9.80 Å². The van der Waals surface area contributed by atoms with Gasteiger partial charge in [-0.2, -0.15) is 11.3 Å². The molecule has 0 unspecified atom stereocenters. The molecular weight excluding hydrogens is 324 g/mol. The fourth-order valence-corrected chi connectivity index (χ4v) is 3.03. The number of hydrogen-bond donors (Lipinski definition) is 0. The van der Waals surface area contributed by atoms with Gasteiger partial charge in [-0.05, 0) is 40.6 Å². The lowest BCUT2D eigenvalue weighted by Gasteiger charge is -2.33. The molecule has 1 aromatic heterocycles. The molecule has 0 atom stereocenters. The van der Waals surface area contributed by atoms with E-state index in [1.54, 1.807) is 39.3 Å². The van der Waals surface area contributed by atoms with Gasteiger partial charge in [0.05, 0.1) is 0 Å².